The van der Waals surface area contributed by atoms with Crippen molar-refractivity contribution in [1.29, 1.82) is 0 Å². The first kappa shape index (κ1) is 10.4. The molecule has 1 aromatic carbocycles. The van der Waals surface area contributed by atoms with E-state index in [1.807, 2.05) is 30.3 Å². The molecule has 18 heavy (non-hydrogen) atoms. The monoisotopic (exact) mass is 238 g/mol. The van der Waals surface area contributed by atoms with Crippen molar-refractivity contribution in [2.75, 3.05) is 0 Å². The van der Waals surface area contributed by atoms with Crippen LogP contribution in [0.15, 0.2) is 54.3 Å². The van der Waals surface area contributed by atoms with Gasteiger partial charge in [0, 0.05) is 11.1 Å². The number of aromatic amines is 1. The molecule has 0 amide bonds. The zero-order valence-electron chi connectivity index (χ0n) is 9.43. The first-order valence-corrected chi connectivity index (χ1v) is 5.41. The Morgan fingerprint density at radius 3 is 2.67 bits per heavy atom. The van der Waals surface area contributed by atoms with Gasteiger partial charge in [-0.1, -0.05) is 30.3 Å². The van der Waals surface area contributed by atoms with Gasteiger partial charge >= 0.3 is 0 Å². The van der Waals surface area contributed by atoms with Crippen molar-refractivity contribution in [3.63, 3.8) is 0 Å². The van der Waals surface area contributed by atoms with E-state index in [0.29, 0.717) is 0 Å². The number of hydrogen-bond acceptors (Lipinski definition) is 4. The van der Waals surface area contributed by atoms with Gasteiger partial charge in [0.1, 0.15) is 12.7 Å². The van der Waals surface area contributed by atoms with E-state index in [1.165, 1.54) is 17.3 Å². The van der Waals surface area contributed by atoms with Crippen LogP contribution in [0.4, 0.5) is 0 Å². The lowest BCUT2D eigenvalue weighted by molar-refractivity contribution is 0.878. The van der Waals surface area contributed by atoms with E-state index in [2.05, 4.69) is 25.5 Å². The molecule has 0 saturated carbocycles. The predicted molar refractivity (Wildman–Crippen MR) is 67.0 cm³/mol. The molecule has 0 aliphatic rings. The topological polar surface area (TPSA) is 71.8 Å². The highest BCUT2D eigenvalue weighted by molar-refractivity contribution is 5.88. The van der Waals surface area contributed by atoms with Crippen molar-refractivity contribution >= 4 is 6.21 Å². The molecular formula is C12H10N6. The van der Waals surface area contributed by atoms with Gasteiger partial charge in [-0.25, -0.2) is 4.68 Å². The summed E-state index contributed by atoms with van der Waals surface area (Å²) in [4.78, 5) is 0. The molecule has 0 radical (unpaired) electrons. The van der Waals surface area contributed by atoms with Crippen LogP contribution in [0, 0.1) is 0 Å². The maximum atomic E-state index is 4.20. The highest BCUT2D eigenvalue weighted by Gasteiger charge is 2.04. The Labute approximate surface area is 103 Å². The van der Waals surface area contributed by atoms with E-state index in [1.54, 1.807) is 12.4 Å². The van der Waals surface area contributed by atoms with Crippen LogP contribution >= 0.6 is 0 Å². The molecule has 0 saturated heterocycles. The molecule has 6 nitrogen and oxygen atoms in total. The number of rotatable bonds is 3. The van der Waals surface area contributed by atoms with Gasteiger partial charge in [-0.3, -0.25) is 5.10 Å². The molecule has 2 heterocycles. The number of H-pyrrole nitrogens is 1. The first-order valence-electron chi connectivity index (χ1n) is 5.41. The molecule has 0 aliphatic heterocycles. The molecule has 3 rings (SSSR count). The van der Waals surface area contributed by atoms with E-state index in [0.717, 1.165) is 16.8 Å². The van der Waals surface area contributed by atoms with E-state index in [9.17, 15) is 0 Å². The summed E-state index contributed by atoms with van der Waals surface area (Å²) in [5.41, 5.74) is 2.92. The zero-order valence-corrected chi connectivity index (χ0v) is 9.43. The van der Waals surface area contributed by atoms with Gasteiger partial charge in [-0.15, -0.1) is 10.2 Å². The summed E-state index contributed by atoms with van der Waals surface area (Å²) < 4.78 is 1.53. The Bertz CT molecular complexity index is 638. The first-order chi connectivity index (χ1) is 8.93. The number of benzene rings is 1. The van der Waals surface area contributed by atoms with Crippen LogP contribution in [0.3, 0.4) is 0 Å². The Morgan fingerprint density at radius 1 is 1.11 bits per heavy atom. The summed E-state index contributed by atoms with van der Waals surface area (Å²) in [7, 11) is 0. The third kappa shape index (κ3) is 2.03. The molecule has 0 atom stereocenters. The largest absolute Gasteiger partial charge is 0.277 e. The smallest absolute Gasteiger partial charge is 0.141 e. The molecule has 0 bridgehead atoms. The van der Waals surface area contributed by atoms with Crippen molar-refractivity contribution < 1.29 is 0 Å². The Hall–Kier alpha value is -2.76. The summed E-state index contributed by atoms with van der Waals surface area (Å²) in [5, 5.41) is 18.6. The van der Waals surface area contributed by atoms with Gasteiger partial charge in [0.15, 0.2) is 0 Å². The van der Waals surface area contributed by atoms with Crippen LogP contribution in [-0.2, 0) is 0 Å². The standard InChI is InChI=1S/C12H10N6/c1-2-4-10(5-3-1)12-11(6-13-17-12)7-16-18-8-14-15-9-18/h1-9H,(H,13,17). The van der Waals surface area contributed by atoms with Crippen LogP contribution in [0.1, 0.15) is 5.56 Å². The lowest BCUT2D eigenvalue weighted by Gasteiger charge is -1.98. The van der Waals surface area contributed by atoms with Crippen LogP contribution in [0.5, 0.6) is 0 Å². The zero-order chi connectivity index (χ0) is 12.2. The average molecular weight is 238 g/mol. The minimum absolute atomic E-state index is 0.912. The number of hydrogen-bond donors (Lipinski definition) is 1. The van der Waals surface area contributed by atoms with Crippen LogP contribution in [0.25, 0.3) is 11.3 Å². The van der Waals surface area contributed by atoms with Gasteiger partial charge < -0.3 is 0 Å². The summed E-state index contributed by atoms with van der Waals surface area (Å²) >= 11 is 0. The van der Waals surface area contributed by atoms with E-state index < -0.39 is 0 Å². The SMILES string of the molecule is C(=Nn1cnnc1)c1cn[nH]c1-c1ccccc1. The van der Waals surface area contributed by atoms with Gasteiger partial charge in [0.2, 0.25) is 0 Å². The molecule has 3 aromatic rings. The molecule has 6 heteroatoms. The third-order valence-corrected chi connectivity index (χ3v) is 2.47. The van der Waals surface area contributed by atoms with Gasteiger partial charge in [0.25, 0.3) is 0 Å². The minimum Gasteiger partial charge on any atom is -0.277 e. The average Bonchev–Trinajstić information content (AvgIpc) is 3.09. The summed E-state index contributed by atoms with van der Waals surface area (Å²) in [6, 6.07) is 9.98. The van der Waals surface area contributed by atoms with Crippen LogP contribution in [-0.4, -0.2) is 31.3 Å². The quantitative estimate of drug-likeness (QED) is 0.704. The normalized spacial score (nSPS) is 11.1. The van der Waals surface area contributed by atoms with E-state index in [4.69, 9.17) is 0 Å². The van der Waals surface area contributed by atoms with Crippen molar-refractivity contribution in [3.05, 3.63) is 54.7 Å². The third-order valence-electron chi connectivity index (χ3n) is 2.47. The molecule has 2 aromatic heterocycles. The molecule has 0 fully saturated rings. The maximum absolute atomic E-state index is 4.20. The number of nitrogens with one attached hydrogen (secondary N) is 1. The molecule has 0 spiro atoms. The lowest BCUT2D eigenvalue weighted by Crippen LogP contribution is -1.88. The summed E-state index contributed by atoms with van der Waals surface area (Å²) in [5.74, 6) is 0. The summed E-state index contributed by atoms with van der Waals surface area (Å²) in [6.45, 7) is 0. The fourth-order valence-corrected chi connectivity index (χ4v) is 1.61. The number of nitrogens with zero attached hydrogens (tertiary/aromatic N) is 5. The molecule has 0 unspecified atom stereocenters. The number of aromatic nitrogens is 5. The highest BCUT2D eigenvalue weighted by atomic mass is 15.4. The fourth-order valence-electron chi connectivity index (χ4n) is 1.61. The van der Waals surface area contributed by atoms with Gasteiger partial charge in [-0.2, -0.15) is 10.2 Å². The lowest BCUT2D eigenvalue weighted by atomic mass is 10.1. The van der Waals surface area contributed by atoms with Crippen molar-refractivity contribution in [2.45, 2.75) is 0 Å². The second-order valence-electron chi connectivity index (χ2n) is 3.65. The van der Waals surface area contributed by atoms with Crippen LogP contribution in [0.2, 0.25) is 0 Å². The maximum Gasteiger partial charge on any atom is 0.141 e. The molecule has 1 N–H and O–H groups in total. The fraction of sp³-hybridized carbons (Fsp3) is 0. The Kier molecular flexibility index (Phi) is 2.67. The molecular weight excluding hydrogens is 228 g/mol. The highest BCUT2D eigenvalue weighted by Crippen LogP contribution is 2.18. The summed E-state index contributed by atoms with van der Waals surface area (Å²) in [6.07, 6.45) is 6.50. The Balaban J connectivity index is 1.93. The molecule has 0 aliphatic carbocycles. The van der Waals surface area contributed by atoms with E-state index in [-0.39, 0.29) is 0 Å². The van der Waals surface area contributed by atoms with E-state index >= 15 is 0 Å². The van der Waals surface area contributed by atoms with Crippen molar-refractivity contribution in [1.82, 2.24) is 25.1 Å². The van der Waals surface area contributed by atoms with Crippen molar-refractivity contribution in [3.8, 4) is 11.3 Å². The second kappa shape index (κ2) is 4.62. The molecule has 88 valence electrons. The predicted octanol–water partition coefficient (Wildman–Crippen LogP) is 1.55. The Morgan fingerprint density at radius 2 is 1.89 bits per heavy atom. The minimum atomic E-state index is 0.912. The van der Waals surface area contributed by atoms with Gasteiger partial charge in [0.05, 0.1) is 18.1 Å². The van der Waals surface area contributed by atoms with Crippen molar-refractivity contribution in [2.24, 2.45) is 5.10 Å². The van der Waals surface area contributed by atoms with Gasteiger partial charge in [-0.05, 0) is 0 Å². The van der Waals surface area contributed by atoms with Crippen LogP contribution < -0.4 is 0 Å². The second-order valence-corrected chi connectivity index (χ2v) is 3.65.